The average molecular weight is 255 g/mol. The van der Waals surface area contributed by atoms with Crippen LogP contribution in [0.5, 0.6) is 0 Å². The Labute approximate surface area is 103 Å². The quantitative estimate of drug-likeness (QED) is 0.888. The SMILES string of the molecule is COC(CN)c1nc(-c2ccc(Cl)cn2)no1. The fraction of sp³-hybridized carbons (Fsp3) is 0.300. The van der Waals surface area contributed by atoms with Gasteiger partial charge in [0.2, 0.25) is 5.82 Å². The largest absolute Gasteiger partial charge is 0.370 e. The summed E-state index contributed by atoms with van der Waals surface area (Å²) in [6, 6.07) is 3.41. The van der Waals surface area contributed by atoms with Gasteiger partial charge in [0.05, 0.1) is 5.02 Å². The number of nitrogens with two attached hydrogens (primary N) is 1. The molecule has 1 atom stereocenters. The van der Waals surface area contributed by atoms with Gasteiger partial charge >= 0.3 is 0 Å². The zero-order valence-electron chi connectivity index (χ0n) is 9.13. The number of rotatable bonds is 4. The van der Waals surface area contributed by atoms with Gasteiger partial charge in [-0.25, -0.2) is 0 Å². The predicted molar refractivity (Wildman–Crippen MR) is 61.3 cm³/mol. The Balaban J connectivity index is 2.26. The van der Waals surface area contributed by atoms with Crippen molar-refractivity contribution < 1.29 is 9.26 Å². The molecule has 6 nitrogen and oxygen atoms in total. The number of halogens is 1. The van der Waals surface area contributed by atoms with Crippen molar-refractivity contribution in [1.29, 1.82) is 0 Å². The molecule has 0 fully saturated rings. The molecule has 17 heavy (non-hydrogen) atoms. The summed E-state index contributed by atoms with van der Waals surface area (Å²) < 4.78 is 10.1. The third kappa shape index (κ3) is 2.60. The summed E-state index contributed by atoms with van der Waals surface area (Å²) in [5, 5.41) is 4.36. The van der Waals surface area contributed by atoms with E-state index in [4.69, 9.17) is 26.6 Å². The van der Waals surface area contributed by atoms with Crippen LogP contribution < -0.4 is 5.73 Å². The Bertz CT molecular complexity index is 481. The summed E-state index contributed by atoms with van der Waals surface area (Å²) in [5.74, 6) is 0.717. The van der Waals surface area contributed by atoms with E-state index in [0.717, 1.165) is 0 Å². The molecule has 0 aliphatic rings. The first-order valence-corrected chi connectivity index (χ1v) is 5.30. The van der Waals surface area contributed by atoms with E-state index in [2.05, 4.69) is 15.1 Å². The third-order valence-corrected chi connectivity index (χ3v) is 2.40. The predicted octanol–water partition coefficient (Wildman–Crippen LogP) is 1.43. The molecule has 2 aromatic rings. The lowest BCUT2D eigenvalue weighted by atomic mass is 10.3. The van der Waals surface area contributed by atoms with Crippen molar-refractivity contribution in [3.63, 3.8) is 0 Å². The molecule has 0 saturated heterocycles. The molecule has 0 amide bonds. The van der Waals surface area contributed by atoms with E-state index in [1.807, 2.05) is 0 Å². The monoisotopic (exact) mass is 254 g/mol. The topological polar surface area (TPSA) is 87.1 Å². The summed E-state index contributed by atoms with van der Waals surface area (Å²) in [6.07, 6.45) is 1.12. The molecule has 90 valence electrons. The zero-order chi connectivity index (χ0) is 12.3. The van der Waals surface area contributed by atoms with Crippen LogP contribution >= 0.6 is 11.6 Å². The molecule has 0 saturated carbocycles. The summed E-state index contributed by atoms with van der Waals surface area (Å²) in [4.78, 5) is 8.25. The van der Waals surface area contributed by atoms with Gasteiger partial charge in [0.15, 0.2) is 0 Å². The number of hydrogen-bond donors (Lipinski definition) is 1. The lowest BCUT2D eigenvalue weighted by molar-refractivity contribution is 0.0804. The second-order valence-electron chi connectivity index (χ2n) is 3.28. The number of pyridine rings is 1. The van der Waals surface area contributed by atoms with Crippen molar-refractivity contribution in [1.82, 2.24) is 15.1 Å². The van der Waals surface area contributed by atoms with Gasteiger partial charge in [-0.05, 0) is 12.1 Å². The summed E-state index contributed by atoms with van der Waals surface area (Å²) >= 11 is 5.74. The van der Waals surface area contributed by atoms with Crippen molar-refractivity contribution in [3.8, 4) is 11.5 Å². The first-order valence-electron chi connectivity index (χ1n) is 4.93. The third-order valence-electron chi connectivity index (χ3n) is 2.17. The van der Waals surface area contributed by atoms with Gasteiger partial charge in [-0.15, -0.1) is 0 Å². The summed E-state index contributed by atoms with van der Waals surface area (Å²) in [5.41, 5.74) is 6.08. The van der Waals surface area contributed by atoms with Crippen LogP contribution in [-0.4, -0.2) is 28.8 Å². The number of methoxy groups -OCH3 is 1. The van der Waals surface area contributed by atoms with Gasteiger partial charge in [-0.3, -0.25) is 4.98 Å². The second kappa shape index (κ2) is 5.22. The lowest BCUT2D eigenvalue weighted by Gasteiger charge is -2.05. The van der Waals surface area contributed by atoms with E-state index in [9.17, 15) is 0 Å². The first kappa shape index (κ1) is 12.0. The van der Waals surface area contributed by atoms with E-state index in [1.54, 1.807) is 12.1 Å². The van der Waals surface area contributed by atoms with Crippen LogP contribution in [0.3, 0.4) is 0 Å². The standard InChI is InChI=1S/C10H11ClN4O2/c1-16-8(4-12)10-14-9(15-17-10)7-3-2-6(11)5-13-7/h2-3,5,8H,4,12H2,1H3. The minimum Gasteiger partial charge on any atom is -0.370 e. The smallest absolute Gasteiger partial charge is 0.257 e. The van der Waals surface area contributed by atoms with Crippen molar-refractivity contribution >= 4 is 11.6 Å². The summed E-state index contributed by atoms with van der Waals surface area (Å²) in [6.45, 7) is 0.270. The molecule has 7 heteroatoms. The number of ether oxygens (including phenoxy) is 1. The fourth-order valence-corrected chi connectivity index (χ4v) is 1.39. The van der Waals surface area contributed by atoms with Crippen LogP contribution in [0.1, 0.15) is 12.0 Å². The number of nitrogens with zero attached hydrogens (tertiary/aromatic N) is 3. The van der Waals surface area contributed by atoms with E-state index < -0.39 is 6.10 Å². The molecule has 0 aliphatic heterocycles. The maximum atomic E-state index is 5.74. The van der Waals surface area contributed by atoms with Crippen LogP contribution in [0.2, 0.25) is 5.02 Å². The molecule has 2 aromatic heterocycles. The highest BCUT2D eigenvalue weighted by Crippen LogP contribution is 2.19. The first-order chi connectivity index (χ1) is 8.24. The Morgan fingerprint density at radius 3 is 2.94 bits per heavy atom. The highest BCUT2D eigenvalue weighted by Gasteiger charge is 2.17. The normalized spacial score (nSPS) is 12.6. The van der Waals surface area contributed by atoms with Crippen molar-refractivity contribution in [3.05, 3.63) is 29.2 Å². The molecular weight excluding hydrogens is 244 g/mol. The van der Waals surface area contributed by atoms with Crippen LogP contribution in [-0.2, 0) is 4.74 Å². The van der Waals surface area contributed by atoms with Gasteiger partial charge in [0, 0.05) is 19.9 Å². The van der Waals surface area contributed by atoms with Gasteiger partial charge in [-0.1, -0.05) is 16.8 Å². The maximum absolute atomic E-state index is 5.74. The molecule has 0 radical (unpaired) electrons. The zero-order valence-corrected chi connectivity index (χ0v) is 9.89. The van der Waals surface area contributed by atoms with Crippen LogP contribution in [0.4, 0.5) is 0 Å². The molecule has 0 aliphatic carbocycles. The van der Waals surface area contributed by atoms with Crippen LogP contribution in [0, 0.1) is 0 Å². The van der Waals surface area contributed by atoms with Gasteiger partial charge in [0.1, 0.15) is 11.8 Å². The highest BCUT2D eigenvalue weighted by atomic mass is 35.5. The minimum absolute atomic E-state index is 0.270. The molecule has 0 bridgehead atoms. The van der Waals surface area contributed by atoms with Gasteiger partial charge < -0.3 is 15.0 Å². The molecule has 2 N–H and O–H groups in total. The molecule has 2 heterocycles. The molecule has 0 spiro atoms. The van der Waals surface area contributed by atoms with Crippen LogP contribution in [0.15, 0.2) is 22.9 Å². The lowest BCUT2D eigenvalue weighted by Crippen LogP contribution is -2.14. The molecule has 0 aromatic carbocycles. The average Bonchev–Trinajstić information content (AvgIpc) is 2.81. The molecule has 1 unspecified atom stereocenters. The van der Waals surface area contributed by atoms with Crippen molar-refractivity contribution in [2.45, 2.75) is 6.10 Å². The van der Waals surface area contributed by atoms with Gasteiger partial charge in [-0.2, -0.15) is 4.98 Å². The Morgan fingerprint density at radius 2 is 2.35 bits per heavy atom. The van der Waals surface area contributed by atoms with Gasteiger partial charge in [0.25, 0.3) is 5.89 Å². The maximum Gasteiger partial charge on any atom is 0.257 e. The Kier molecular flexibility index (Phi) is 3.68. The van der Waals surface area contributed by atoms with E-state index >= 15 is 0 Å². The van der Waals surface area contributed by atoms with Crippen LogP contribution in [0.25, 0.3) is 11.5 Å². The number of aromatic nitrogens is 3. The number of hydrogen-bond acceptors (Lipinski definition) is 6. The fourth-order valence-electron chi connectivity index (χ4n) is 1.28. The van der Waals surface area contributed by atoms with E-state index in [0.29, 0.717) is 22.4 Å². The Hall–Kier alpha value is -1.50. The van der Waals surface area contributed by atoms with E-state index in [-0.39, 0.29) is 6.54 Å². The Morgan fingerprint density at radius 1 is 1.53 bits per heavy atom. The van der Waals surface area contributed by atoms with Crippen molar-refractivity contribution in [2.75, 3.05) is 13.7 Å². The highest BCUT2D eigenvalue weighted by molar-refractivity contribution is 6.30. The van der Waals surface area contributed by atoms with Crippen molar-refractivity contribution in [2.24, 2.45) is 5.73 Å². The molecular formula is C10H11ClN4O2. The summed E-state index contributed by atoms with van der Waals surface area (Å²) in [7, 11) is 1.53. The van der Waals surface area contributed by atoms with E-state index in [1.165, 1.54) is 13.3 Å². The second-order valence-corrected chi connectivity index (χ2v) is 3.71. The minimum atomic E-state index is -0.399. The molecule has 2 rings (SSSR count).